The first-order chi connectivity index (χ1) is 5.63. The number of hydrazine groups is 1. The fourth-order valence-corrected chi connectivity index (χ4v) is 0.721. The number of rotatable bonds is 2. The molecule has 0 aromatic heterocycles. The second-order valence-corrected chi connectivity index (χ2v) is 2.02. The zero-order valence-electron chi connectivity index (χ0n) is 5.91. The van der Waals surface area contributed by atoms with Crippen molar-refractivity contribution in [2.45, 2.75) is 0 Å². The van der Waals surface area contributed by atoms with Gasteiger partial charge in [0.15, 0.2) is 10.7 Å². The Morgan fingerprint density at radius 2 is 2.00 bits per heavy atom. The fourth-order valence-electron chi connectivity index (χ4n) is 0.721. The van der Waals surface area contributed by atoms with Crippen LogP contribution in [0.4, 0.5) is 5.69 Å². The Morgan fingerprint density at radius 1 is 1.42 bits per heavy atom. The number of anilines is 1. The molecule has 0 heterocycles. The molecule has 0 bridgehead atoms. The summed E-state index contributed by atoms with van der Waals surface area (Å²) in [4.78, 5) is 10.0. The van der Waals surface area contributed by atoms with Crippen molar-refractivity contribution in [3.63, 3.8) is 0 Å². The summed E-state index contributed by atoms with van der Waals surface area (Å²) in [5.74, 6) is -0.350. The Morgan fingerprint density at radius 3 is 2.50 bits per heavy atom. The largest absolute Gasteiger partial charge is 0.505 e. The molecule has 0 aliphatic heterocycles. The van der Waals surface area contributed by atoms with Crippen LogP contribution in [0.3, 0.4) is 0 Å². The minimum atomic E-state index is -1.05. The predicted molar refractivity (Wildman–Crippen MR) is 39.4 cm³/mol. The Labute approximate surface area is 67.4 Å². The Bertz CT molecular complexity index is 301. The average molecular weight is 170 g/mol. The molecule has 0 saturated carbocycles. The number of nitro groups is 1. The number of benzene rings is 1. The highest BCUT2D eigenvalue weighted by Gasteiger charge is 2.16. The van der Waals surface area contributed by atoms with Crippen molar-refractivity contribution in [3.05, 3.63) is 34.4 Å². The van der Waals surface area contributed by atoms with Gasteiger partial charge in [-0.2, -0.15) is 0 Å². The summed E-state index contributed by atoms with van der Waals surface area (Å²) in [6, 6.07) is 5.41. The maximum Gasteiger partial charge on any atom is 0.192 e. The fraction of sp³-hybridized carbons (Fsp3) is 0. The topological polar surface area (TPSA) is 86.8 Å². The first kappa shape index (κ1) is 8.28. The Balaban J connectivity index is 3.02. The molecular formula is C6H6N2O4. The van der Waals surface area contributed by atoms with Gasteiger partial charge in [0.25, 0.3) is 0 Å². The van der Waals surface area contributed by atoms with Crippen molar-refractivity contribution in [1.82, 2.24) is 0 Å². The lowest BCUT2D eigenvalue weighted by Crippen LogP contribution is -2.25. The van der Waals surface area contributed by atoms with Gasteiger partial charge < -0.3 is 5.11 Å². The van der Waals surface area contributed by atoms with Crippen molar-refractivity contribution in [2.75, 3.05) is 5.17 Å². The number of aromatic hydroxyl groups is 1. The van der Waals surface area contributed by atoms with Gasteiger partial charge in [0.05, 0.1) is 0 Å². The third-order valence-corrected chi connectivity index (χ3v) is 1.25. The number of para-hydroxylation sites is 2. The first-order valence-electron chi connectivity index (χ1n) is 3.04. The van der Waals surface area contributed by atoms with E-state index in [9.17, 15) is 10.1 Å². The molecule has 1 rings (SSSR count). The van der Waals surface area contributed by atoms with Crippen LogP contribution in [0.1, 0.15) is 0 Å². The van der Waals surface area contributed by atoms with E-state index in [1.54, 1.807) is 0 Å². The molecule has 0 fully saturated rings. The zero-order valence-corrected chi connectivity index (χ0v) is 5.91. The van der Waals surface area contributed by atoms with E-state index in [2.05, 4.69) is 0 Å². The molecule has 6 heteroatoms. The molecule has 2 N–H and O–H groups in total. The second kappa shape index (κ2) is 3.05. The zero-order chi connectivity index (χ0) is 9.14. The molecule has 1 aromatic carbocycles. The average Bonchev–Trinajstić information content (AvgIpc) is 2.04. The molecule has 1 aromatic rings. The Kier molecular flexibility index (Phi) is 2.11. The molecule has 0 amide bonds. The number of phenolic OH excluding ortho intramolecular Hbond substituents is 1. The van der Waals surface area contributed by atoms with E-state index in [1.807, 2.05) is 0 Å². The lowest BCUT2D eigenvalue weighted by atomic mass is 10.3. The van der Waals surface area contributed by atoms with Gasteiger partial charge in [0, 0.05) is 5.17 Å². The third-order valence-electron chi connectivity index (χ3n) is 1.25. The first-order valence-corrected chi connectivity index (χ1v) is 3.04. The summed E-state index contributed by atoms with van der Waals surface area (Å²) >= 11 is 0. The van der Waals surface area contributed by atoms with E-state index < -0.39 is 5.03 Å². The number of phenols is 1. The van der Waals surface area contributed by atoms with E-state index in [0.29, 0.717) is 0 Å². The summed E-state index contributed by atoms with van der Waals surface area (Å²) in [5, 5.41) is 26.5. The Hall–Kier alpha value is -1.82. The normalized spacial score (nSPS) is 9.42. The third kappa shape index (κ3) is 1.43. The minimum Gasteiger partial charge on any atom is -0.505 e. The second-order valence-electron chi connectivity index (χ2n) is 2.02. The molecule has 6 nitrogen and oxygen atoms in total. The molecule has 0 saturated heterocycles. The number of hydrogen-bond acceptors (Lipinski definition) is 4. The molecule has 0 radical (unpaired) electrons. The summed E-state index contributed by atoms with van der Waals surface area (Å²) in [6.45, 7) is 0. The molecule has 0 spiro atoms. The van der Waals surface area contributed by atoms with Crippen molar-refractivity contribution >= 4 is 5.69 Å². The van der Waals surface area contributed by atoms with Crippen LogP contribution in [0, 0.1) is 10.1 Å². The van der Waals surface area contributed by atoms with Crippen molar-refractivity contribution < 1.29 is 15.3 Å². The lowest BCUT2D eigenvalue weighted by Gasteiger charge is -2.05. The predicted octanol–water partition coefficient (Wildman–Crippen LogP) is 0.779. The monoisotopic (exact) mass is 170 g/mol. The summed E-state index contributed by atoms with van der Waals surface area (Å²) in [7, 11) is 0. The van der Waals surface area contributed by atoms with Gasteiger partial charge >= 0.3 is 0 Å². The van der Waals surface area contributed by atoms with Gasteiger partial charge in [-0.15, -0.1) is 0 Å². The standard InChI is InChI=1S/C6H6N2O4/c9-6-4-2-1-3-5(6)7(10)8(11)12/h1-4,9-10H. The van der Waals surface area contributed by atoms with E-state index in [-0.39, 0.29) is 16.6 Å². The van der Waals surface area contributed by atoms with Crippen LogP contribution in [0.15, 0.2) is 24.3 Å². The van der Waals surface area contributed by atoms with E-state index in [0.717, 1.165) is 0 Å². The van der Waals surface area contributed by atoms with Crippen LogP contribution in [-0.4, -0.2) is 15.3 Å². The van der Waals surface area contributed by atoms with Gasteiger partial charge in [-0.25, -0.2) is 15.3 Å². The molecule has 64 valence electrons. The highest BCUT2D eigenvalue weighted by Crippen LogP contribution is 2.24. The number of nitrogens with zero attached hydrogens (tertiary/aromatic N) is 2. The lowest BCUT2D eigenvalue weighted by molar-refractivity contribution is -0.541. The van der Waals surface area contributed by atoms with E-state index >= 15 is 0 Å². The van der Waals surface area contributed by atoms with Crippen molar-refractivity contribution in [2.24, 2.45) is 0 Å². The van der Waals surface area contributed by atoms with Gasteiger partial charge in [-0.1, -0.05) is 12.1 Å². The van der Waals surface area contributed by atoms with Crippen LogP contribution < -0.4 is 5.17 Å². The van der Waals surface area contributed by atoms with Gasteiger partial charge in [0.2, 0.25) is 0 Å². The van der Waals surface area contributed by atoms with Gasteiger partial charge in [-0.3, -0.25) is 0 Å². The quantitative estimate of drug-likeness (QED) is 0.505. The molecule has 0 aliphatic carbocycles. The molecule has 0 aliphatic rings. The van der Waals surface area contributed by atoms with Gasteiger partial charge in [0.1, 0.15) is 5.75 Å². The van der Waals surface area contributed by atoms with Crippen LogP contribution >= 0.6 is 0 Å². The summed E-state index contributed by atoms with van der Waals surface area (Å²) in [6.07, 6.45) is 0. The molecule has 0 atom stereocenters. The van der Waals surface area contributed by atoms with Gasteiger partial charge in [-0.05, 0) is 12.1 Å². The van der Waals surface area contributed by atoms with Crippen molar-refractivity contribution in [3.8, 4) is 5.75 Å². The highest BCUT2D eigenvalue weighted by molar-refractivity contribution is 5.53. The molecular weight excluding hydrogens is 164 g/mol. The van der Waals surface area contributed by atoms with Crippen LogP contribution in [0.2, 0.25) is 0 Å². The van der Waals surface area contributed by atoms with Crippen molar-refractivity contribution in [1.29, 1.82) is 0 Å². The SMILES string of the molecule is O=[N+]([O-])N(O)c1ccccc1O. The smallest absolute Gasteiger partial charge is 0.192 e. The molecule has 12 heavy (non-hydrogen) atoms. The number of hydrogen-bond donors (Lipinski definition) is 2. The summed E-state index contributed by atoms with van der Waals surface area (Å²) < 4.78 is 0. The van der Waals surface area contributed by atoms with E-state index in [4.69, 9.17) is 10.3 Å². The summed E-state index contributed by atoms with van der Waals surface area (Å²) in [5.41, 5.74) is -0.262. The van der Waals surface area contributed by atoms with Crippen LogP contribution in [0.25, 0.3) is 0 Å². The minimum absolute atomic E-state index is 0.241. The maximum atomic E-state index is 10.0. The highest BCUT2D eigenvalue weighted by atomic mass is 16.8. The molecule has 0 unspecified atom stereocenters. The van der Waals surface area contributed by atoms with Crippen LogP contribution in [0.5, 0.6) is 5.75 Å². The van der Waals surface area contributed by atoms with Crippen LogP contribution in [-0.2, 0) is 0 Å². The van der Waals surface area contributed by atoms with E-state index in [1.165, 1.54) is 24.3 Å². The maximum absolute atomic E-state index is 10.0.